The summed E-state index contributed by atoms with van der Waals surface area (Å²) in [5.41, 5.74) is 2.24. The van der Waals surface area contributed by atoms with Crippen LogP contribution in [0.3, 0.4) is 0 Å². The van der Waals surface area contributed by atoms with E-state index in [0.29, 0.717) is 0 Å². The smallest absolute Gasteiger partial charge is 0.185 e. The number of nitrogens with zero attached hydrogens (tertiary/aromatic N) is 2. The fourth-order valence-corrected chi connectivity index (χ4v) is 3.30. The summed E-state index contributed by atoms with van der Waals surface area (Å²) in [6.07, 6.45) is 0.808. The fraction of sp³-hybridized carbons (Fsp3) is 0.357. The number of piperazine rings is 1. The lowest BCUT2D eigenvalue weighted by Crippen LogP contribution is -2.43. The van der Waals surface area contributed by atoms with Gasteiger partial charge in [-0.1, -0.05) is 29.8 Å². The van der Waals surface area contributed by atoms with Gasteiger partial charge >= 0.3 is 0 Å². The molecule has 0 saturated carbocycles. The van der Waals surface area contributed by atoms with Gasteiger partial charge in [-0.3, -0.25) is 0 Å². The van der Waals surface area contributed by atoms with Gasteiger partial charge in [-0.15, -0.1) is 36.2 Å². The van der Waals surface area contributed by atoms with E-state index in [1.165, 1.54) is 0 Å². The molecule has 1 aliphatic heterocycles. The van der Waals surface area contributed by atoms with Crippen molar-refractivity contribution in [1.82, 2.24) is 10.3 Å². The summed E-state index contributed by atoms with van der Waals surface area (Å²) in [6, 6.07) is 7.97. The van der Waals surface area contributed by atoms with Crippen molar-refractivity contribution in [2.45, 2.75) is 6.42 Å². The lowest BCUT2D eigenvalue weighted by molar-refractivity contribution is 0.588. The molecule has 1 aromatic heterocycles. The maximum atomic E-state index is 6.19. The minimum atomic E-state index is 0. The number of hydrogen-bond acceptors (Lipinski definition) is 4. The predicted octanol–water partition coefficient (Wildman–Crippen LogP) is 3.64. The Labute approximate surface area is 146 Å². The van der Waals surface area contributed by atoms with Crippen LogP contribution in [0.5, 0.6) is 0 Å². The van der Waals surface area contributed by atoms with Crippen LogP contribution in [-0.2, 0) is 6.42 Å². The lowest BCUT2D eigenvalue weighted by atomic mass is 10.1. The van der Waals surface area contributed by atoms with Crippen molar-refractivity contribution in [2.24, 2.45) is 0 Å². The minimum Gasteiger partial charge on any atom is -0.346 e. The first-order valence-corrected chi connectivity index (χ1v) is 7.72. The molecule has 2 heterocycles. The summed E-state index contributed by atoms with van der Waals surface area (Å²) >= 11 is 7.91. The number of benzene rings is 1. The van der Waals surface area contributed by atoms with Crippen LogP contribution in [0.1, 0.15) is 11.3 Å². The lowest BCUT2D eigenvalue weighted by Gasteiger charge is -2.26. The van der Waals surface area contributed by atoms with Crippen molar-refractivity contribution in [2.75, 3.05) is 31.1 Å². The van der Waals surface area contributed by atoms with Gasteiger partial charge in [0.2, 0.25) is 0 Å². The highest BCUT2D eigenvalue weighted by Crippen LogP contribution is 2.24. The van der Waals surface area contributed by atoms with Crippen LogP contribution >= 0.6 is 47.8 Å². The third-order valence-electron chi connectivity index (χ3n) is 3.26. The Morgan fingerprint density at radius 1 is 1.19 bits per heavy atom. The van der Waals surface area contributed by atoms with Crippen molar-refractivity contribution in [1.29, 1.82) is 0 Å². The average molecular weight is 367 g/mol. The second kappa shape index (κ2) is 8.81. The Bertz CT molecular complexity index is 556. The standard InChI is InChI=1S/C14H16ClN3S.2ClH/c15-13-4-2-1-3-11(13)9-12-10-19-14(17-12)18-7-5-16-6-8-18;;/h1-4,10,16H,5-9H2;2*1H. The predicted molar refractivity (Wildman–Crippen MR) is 96.0 cm³/mol. The zero-order chi connectivity index (χ0) is 13.1. The van der Waals surface area contributed by atoms with E-state index < -0.39 is 0 Å². The zero-order valence-electron chi connectivity index (χ0n) is 11.4. The second-order valence-electron chi connectivity index (χ2n) is 4.63. The Hall–Kier alpha value is -0.520. The van der Waals surface area contributed by atoms with Crippen molar-refractivity contribution >= 4 is 52.9 Å². The maximum Gasteiger partial charge on any atom is 0.185 e. The molecule has 3 nitrogen and oxygen atoms in total. The molecule has 0 aliphatic carbocycles. The van der Waals surface area contributed by atoms with Gasteiger partial charge in [-0.25, -0.2) is 4.98 Å². The van der Waals surface area contributed by atoms with Gasteiger partial charge in [0, 0.05) is 43.0 Å². The second-order valence-corrected chi connectivity index (χ2v) is 5.87. The molecule has 0 radical (unpaired) electrons. The third kappa shape index (κ3) is 4.73. The van der Waals surface area contributed by atoms with Gasteiger partial charge in [-0.2, -0.15) is 0 Å². The first-order valence-electron chi connectivity index (χ1n) is 6.46. The summed E-state index contributed by atoms with van der Waals surface area (Å²) in [5, 5.41) is 7.44. The number of rotatable bonds is 3. The largest absolute Gasteiger partial charge is 0.346 e. The van der Waals surface area contributed by atoms with E-state index in [1.54, 1.807) is 11.3 Å². The Morgan fingerprint density at radius 3 is 2.62 bits per heavy atom. The van der Waals surface area contributed by atoms with E-state index in [0.717, 1.165) is 54.0 Å². The molecule has 21 heavy (non-hydrogen) atoms. The van der Waals surface area contributed by atoms with Crippen molar-refractivity contribution < 1.29 is 0 Å². The van der Waals surface area contributed by atoms with Gasteiger partial charge in [0.05, 0.1) is 5.69 Å². The zero-order valence-corrected chi connectivity index (χ0v) is 14.6. The van der Waals surface area contributed by atoms with E-state index in [-0.39, 0.29) is 24.8 Å². The average Bonchev–Trinajstić information content (AvgIpc) is 2.91. The monoisotopic (exact) mass is 365 g/mol. The molecule has 1 saturated heterocycles. The number of hydrogen-bond donors (Lipinski definition) is 1. The van der Waals surface area contributed by atoms with Crippen LogP contribution in [-0.4, -0.2) is 31.2 Å². The normalized spacial score (nSPS) is 14.2. The molecule has 0 amide bonds. The Morgan fingerprint density at radius 2 is 1.90 bits per heavy atom. The quantitative estimate of drug-likeness (QED) is 0.899. The number of anilines is 1. The van der Waals surface area contributed by atoms with Crippen molar-refractivity contribution in [3.05, 3.63) is 45.9 Å². The highest BCUT2D eigenvalue weighted by atomic mass is 35.5. The molecule has 1 aromatic carbocycles. The van der Waals surface area contributed by atoms with Gasteiger partial charge in [-0.05, 0) is 11.6 Å². The van der Waals surface area contributed by atoms with Crippen molar-refractivity contribution in [3.8, 4) is 0 Å². The van der Waals surface area contributed by atoms with E-state index in [9.17, 15) is 0 Å². The summed E-state index contributed by atoms with van der Waals surface area (Å²) < 4.78 is 0. The topological polar surface area (TPSA) is 28.2 Å². The molecule has 3 rings (SSSR count). The SMILES string of the molecule is Cl.Cl.Clc1ccccc1Cc1csc(N2CCNCC2)n1. The van der Waals surface area contributed by atoms with Crippen LogP contribution in [0.15, 0.2) is 29.6 Å². The molecule has 0 spiro atoms. The summed E-state index contributed by atoms with van der Waals surface area (Å²) in [7, 11) is 0. The van der Waals surface area contributed by atoms with E-state index in [1.807, 2.05) is 18.2 Å². The summed E-state index contributed by atoms with van der Waals surface area (Å²) in [4.78, 5) is 7.07. The minimum absolute atomic E-state index is 0. The number of halogens is 3. The van der Waals surface area contributed by atoms with E-state index in [2.05, 4.69) is 21.7 Å². The molecular weight excluding hydrogens is 349 g/mol. The van der Waals surface area contributed by atoms with Crippen LogP contribution in [0.2, 0.25) is 5.02 Å². The van der Waals surface area contributed by atoms with Gasteiger partial charge in [0.25, 0.3) is 0 Å². The molecule has 1 aliphatic rings. The van der Waals surface area contributed by atoms with Gasteiger partial charge in [0.15, 0.2) is 5.13 Å². The highest BCUT2D eigenvalue weighted by molar-refractivity contribution is 7.13. The van der Waals surface area contributed by atoms with Crippen LogP contribution in [0.4, 0.5) is 5.13 Å². The summed E-state index contributed by atoms with van der Waals surface area (Å²) in [6.45, 7) is 4.16. The molecule has 116 valence electrons. The van der Waals surface area contributed by atoms with Crippen LogP contribution in [0, 0.1) is 0 Å². The molecule has 0 unspecified atom stereocenters. The highest BCUT2D eigenvalue weighted by Gasteiger charge is 2.14. The first kappa shape index (κ1) is 18.5. The first-order chi connectivity index (χ1) is 9.33. The van der Waals surface area contributed by atoms with Crippen molar-refractivity contribution in [3.63, 3.8) is 0 Å². The van der Waals surface area contributed by atoms with E-state index >= 15 is 0 Å². The van der Waals surface area contributed by atoms with Gasteiger partial charge in [0.1, 0.15) is 0 Å². The molecule has 0 atom stereocenters. The molecular formula is C14H18Cl3N3S. The third-order valence-corrected chi connectivity index (χ3v) is 4.58. The Kier molecular flexibility index (Phi) is 7.77. The molecule has 2 aromatic rings. The number of aromatic nitrogens is 1. The number of nitrogens with one attached hydrogen (secondary N) is 1. The van der Waals surface area contributed by atoms with Crippen LogP contribution in [0.25, 0.3) is 0 Å². The molecule has 7 heteroatoms. The molecule has 0 bridgehead atoms. The Balaban J connectivity index is 0.00000110. The fourth-order valence-electron chi connectivity index (χ4n) is 2.22. The van der Waals surface area contributed by atoms with Gasteiger partial charge < -0.3 is 10.2 Å². The summed E-state index contributed by atoms with van der Waals surface area (Å²) in [5.74, 6) is 0. The van der Waals surface area contributed by atoms with E-state index in [4.69, 9.17) is 16.6 Å². The maximum absolute atomic E-state index is 6.19. The van der Waals surface area contributed by atoms with Crippen LogP contribution < -0.4 is 10.2 Å². The molecule has 1 fully saturated rings. The molecule has 1 N–H and O–H groups in total. The number of thiazole rings is 1.